The Labute approximate surface area is 225 Å². The van der Waals surface area contributed by atoms with Crippen molar-refractivity contribution in [3.63, 3.8) is 0 Å². The Hall–Kier alpha value is -3.99. The minimum atomic E-state index is -3.74. The number of sulfonamides is 1. The molecule has 0 aliphatic carbocycles. The van der Waals surface area contributed by atoms with Crippen molar-refractivity contribution in [1.29, 1.82) is 0 Å². The number of carbonyl (C=O) groups is 2. The molecular formula is C28H26N4O4S2. The van der Waals surface area contributed by atoms with Crippen molar-refractivity contribution in [3.8, 4) is 0 Å². The first-order chi connectivity index (χ1) is 18.3. The first kappa shape index (κ1) is 25.7. The highest BCUT2D eigenvalue weighted by molar-refractivity contribution is 7.92. The number of primary amides is 1. The highest BCUT2D eigenvalue weighted by atomic mass is 32.2. The van der Waals surface area contributed by atoms with Crippen LogP contribution in [0.4, 0.5) is 10.7 Å². The molecule has 4 aromatic rings. The third-order valence-electron chi connectivity index (χ3n) is 6.31. The summed E-state index contributed by atoms with van der Waals surface area (Å²) in [6, 6.07) is 24.3. The lowest BCUT2D eigenvalue weighted by Gasteiger charge is -2.27. The van der Waals surface area contributed by atoms with Crippen molar-refractivity contribution in [2.75, 3.05) is 16.6 Å². The van der Waals surface area contributed by atoms with Crippen LogP contribution in [-0.2, 0) is 29.5 Å². The maximum atomic E-state index is 13.0. The van der Waals surface area contributed by atoms with E-state index >= 15 is 0 Å². The van der Waals surface area contributed by atoms with Gasteiger partial charge in [-0.2, -0.15) is 0 Å². The molecule has 0 spiro atoms. The molecule has 2 amide bonds. The number of benzene rings is 3. The van der Waals surface area contributed by atoms with Crippen molar-refractivity contribution in [2.45, 2.75) is 24.4 Å². The lowest BCUT2D eigenvalue weighted by molar-refractivity contribution is 0.0999. The van der Waals surface area contributed by atoms with Crippen LogP contribution >= 0.6 is 11.3 Å². The van der Waals surface area contributed by atoms with Gasteiger partial charge in [0.25, 0.3) is 21.8 Å². The van der Waals surface area contributed by atoms with E-state index in [1.165, 1.54) is 53.3 Å². The number of nitrogens with two attached hydrogens (primary N) is 1. The summed E-state index contributed by atoms with van der Waals surface area (Å²) >= 11 is 1.37. The highest BCUT2D eigenvalue weighted by Gasteiger charge is 2.28. The normalized spacial score (nSPS) is 13.5. The predicted molar refractivity (Wildman–Crippen MR) is 149 cm³/mol. The fourth-order valence-electron chi connectivity index (χ4n) is 4.46. The van der Waals surface area contributed by atoms with Gasteiger partial charge in [-0.15, -0.1) is 11.3 Å². The van der Waals surface area contributed by atoms with Crippen LogP contribution < -0.4 is 15.8 Å². The zero-order chi connectivity index (χ0) is 26.7. The van der Waals surface area contributed by atoms with Crippen LogP contribution in [0.3, 0.4) is 0 Å². The molecule has 5 rings (SSSR count). The maximum Gasteiger partial charge on any atom is 0.261 e. The number of amides is 2. The molecule has 194 valence electrons. The number of hydrogen-bond donors (Lipinski definition) is 3. The molecule has 0 atom stereocenters. The Morgan fingerprint density at radius 2 is 1.58 bits per heavy atom. The molecule has 0 unspecified atom stereocenters. The highest BCUT2D eigenvalue weighted by Crippen LogP contribution is 2.37. The van der Waals surface area contributed by atoms with Gasteiger partial charge >= 0.3 is 0 Å². The summed E-state index contributed by atoms with van der Waals surface area (Å²) in [6.07, 6.45) is 0.670. The summed E-state index contributed by atoms with van der Waals surface area (Å²) in [4.78, 5) is 28.8. The Balaban J connectivity index is 1.30. The molecule has 0 bridgehead atoms. The summed E-state index contributed by atoms with van der Waals surface area (Å²) in [5.41, 5.74) is 8.84. The molecular weight excluding hydrogens is 520 g/mol. The van der Waals surface area contributed by atoms with Crippen molar-refractivity contribution in [1.82, 2.24) is 4.90 Å². The molecule has 8 nitrogen and oxygen atoms in total. The van der Waals surface area contributed by atoms with Gasteiger partial charge in [-0.1, -0.05) is 48.5 Å². The Bertz CT molecular complexity index is 1570. The van der Waals surface area contributed by atoms with Gasteiger partial charge in [0.05, 0.1) is 10.5 Å². The first-order valence-corrected chi connectivity index (χ1v) is 14.3. The lowest BCUT2D eigenvalue weighted by Crippen LogP contribution is -2.30. The molecule has 3 aromatic carbocycles. The molecule has 2 heterocycles. The third-order valence-corrected chi connectivity index (χ3v) is 8.84. The Morgan fingerprint density at radius 1 is 0.921 bits per heavy atom. The van der Waals surface area contributed by atoms with E-state index in [0.29, 0.717) is 34.8 Å². The van der Waals surface area contributed by atoms with Crippen LogP contribution in [0.1, 0.15) is 36.7 Å². The van der Waals surface area contributed by atoms with Gasteiger partial charge in [0.1, 0.15) is 5.00 Å². The molecule has 0 saturated heterocycles. The van der Waals surface area contributed by atoms with Crippen LogP contribution in [0.15, 0.2) is 89.8 Å². The number of thiophene rings is 1. The zero-order valence-corrected chi connectivity index (χ0v) is 22.0. The molecule has 0 radical (unpaired) electrons. The van der Waals surface area contributed by atoms with E-state index in [-0.39, 0.29) is 4.90 Å². The second-order valence-electron chi connectivity index (χ2n) is 8.97. The van der Waals surface area contributed by atoms with E-state index in [1.807, 2.05) is 18.2 Å². The van der Waals surface area contributed by atoms with Crippen LogP contribution in [0, 0.1) is 0 Å². The largest absolute Gasteiger partial charge is 0.365 e. The first-order valence-electron chi connectivity index (χ1n) is 12.0. The number of fused-ring (bicyclic) bond motifs is 1. The average molecular weight is 547 g/mol. The molecule has 0 saturated carbocycles. The number of hydrogen-bond acceptors (Lipinski definition) is 6. The summed E-state index contributed by atoms with van der Waals surface area (Å²) in [5, 5.41) is 3.28. The molecule has 0 fully saturated rings. The maximum absolute atomic E-state index is 13.0. The van der Waals surface area contributed by atoms with Crippen LogP contribution in [-0.4, -0.2) is 31.7 Å². The monoisotopic (exact) mass is 546 g/mol. The second-order valence-corrected chi connectivity index (χ2v) is 11.8. The molecule has 38 heavy (non-hydrogen) atoms. The number of rotatable bonds is 8. The predicted octanol–water partition coefficient (Wildman–Crippen LogP) is 4.46. The van der Waals surface area contributed by atoms with E-state index < -0.39 is 21.8 Å². The van der Waals surface area contributed by atoms with E-state index in [0.717, 1.165) is 23.5 Å². The number of nitrogens with one attached hydrogen (secondary N) is 2. The van der Waals surface area contributed by atoms with Gasteiger partial charge in [0.15, 0.2) is 0 Å². The molecule has 10 heteroatoms. The van der Waals surface area contributed by atoms with Crippen LogP contribution in [0.25, 0.3) is 0 Å². The van der Waals surface area contributed by atoms with Crippen molar-refractivity contribution >= 4 is 43.9 Å². The summed E-state index contributed by atoms with van der Waals surface area (Å²) in [7, 11) is -3.74. The Morgan fingerprint density at radius 3 is 2.24 bits per heavy atom. The fourth-order valence-corrected chi connectivity index (χ4v) is 6.83. The van der Waals surface area contributed by atoms with Gasteiger partial charge in [-0.25, -0.2) is 8.42 Å². The van der Waals surface area contributed by atoms with Gasteiger partial charge in [-0.05, 0) is 53.9 Å². The second kappa shape index (κ2) is 10.8. The summed E-state index contributed by atoms with van der Waals surface area (Å²) < 4.78 is 27.6. The minimum absolute atomic E-state index is 0.143. The number of nitrogens with zero attached hydrogens (tertiary/aromatic N) is 1. The number of anilines is 2. The van der Waals surface area contributed by atoms with Crippen molar-refractivity contribution < 1.29 is 18.0 Å². The Kier molecular flexibility index (Phi) is 7.28. The molecule has 1 aliphatic rings. The van der Waals surface area contributed by atoms with E-state index in [4.69, 9.17) is 5.73 Å². The average Bonchev–Trinajstić information content (AvgIpc) is 3.27. The smallest absolute Gasteiger partial charge is 0.261 e. The van der Waals surface area contributed by atoms with E-state index in [1.54, 1.807) is 18.2 Å². The fraction of sp³-hybridized carbons (Fsp3) is 0.143. The van der Waals surface area contributed by atoms with Gasteiger partial charge in [0, 0.05) is 35.8 Å². The SMILES string of the molecule is NC(=O)c1c(NC(=O)c2ccc(NS(=O)(=O)c3ccccc3)cc2)sc2c1CCN(Cc1ccccc1)C2. The molecule has 1 aliphatic heterocycles. The number of carbonyl (C=O) groups excluding carboxylic acids is 2. The van der Waals surface area contributed by atoms with Gasteiger partial charge in [0.2, 0.25) is 0 Å². The standard InChI is InChI=1S/C28H26N4O4S2/c29-26(33)25-23-15-16-32(17-19-7-3-1-4-8-19)18-24(23)37-28(25)30-27(34)20-11-13-21(14-12-20)31-38(35,36)22-9-5-2-6-10-22/h1-14,31H,15-18H2,(H2,29,33)(H,30,34). The summed E-state index contributed by atoms with van der Waals surface area (Å²) in [5.74, 6) is -0.982. The van der Waals surface area contributed by atoms with Gasteiger partial charge in [-0.3, -0.25) is 19.2 Å². The topological polar surface area (TPSA) is 122 Å². The van der Waals surface area contributed by atoms with E-state index in [2.05, 4.69) is 27.1 Å². The van der Waals surface area contributed by atoms with Gasteiger partial charge < -0.3 is 11.1 Å². The minimum Gasteiger partial charge on any atom is -0.365 e. The van der Waals surface area contributed by atoms with E-state index in [9.17, 15) is 18.0 Å². The lowest BCUT2D eigenvalue weighted by atomic mass is 10.0. The van der Waals surface area contributed by atoms with Crippen LogP contribution in [0.5, 0.6) is 0 Å². The summed E-state index contributed by atoms with van der Waals surface area (Å²) in [6.45, 7) is 2.25. The van der Waals surface area contributed by atoms with Crippen molar-refractivity contribution in [2.24, 2.45) is 5.73 Å². The zero-order valence-electron chi connectivity index (χ0n) is 20.4. The quantitative estimate of drug-likeness (QED) is 0.301. The third kappa shape index (κ3) is 5.62. The molecule has 1 aromatic heterocycles. The van der Waals surface area contributed by atoms with Crippen LogP contribution in [0.2, 0.25) is 0 Å². The van der Waals surface area contributed by atoms with Crippen molar-refractivity contribution in [3.05, 3.63) is 112 Å². The molecule has 4 N–H and O–H groups in total.